The molecule has 1 saturated carbocycles. The first-order valence-electron chi connectivity index (χ1n) is 7.54. The summed E-state index contributed by atoms with van der Waals surface area (Å²) in [5.41, 5.74) is -0.0827. The van der Waals surface area contributed by atoms with Gasteiger partial charge in [0.25, 0.3) is 0 Å². The number of hydrogen-bond donors (Lipinski definition) is 0. The summed E-state index contributed by atoms with van der Waals surface area (Å²) in [5, 5.41) is 20.5. The molecular formula is C17H15Br2N3O4. The molecule has 0 aliphatic heterocycles. The molecule has 1 aromatic rings. The molecule has 0 amide bonds. The number of aromatic nitrogens is 1. The predicted octanol–water partition coefficient (Wildman–Crippen LogP) is 4.04. The highest BCUT2D eigenvalue weighted by Gasteiger charge is 2.61. The number of ether oxygens (including phenoxy) is 1. The van der Waals surface area contributed by atoms with Gasteiger partial charge < -0.3 is 14.9 Å². The summed E-state index contributed by atoms with van der Waals surface area (Å²) < 4.78 is 7.29. The summed E-state index contributed by atoms with van der Waals surface area (Å²) in [7, 11) is 0. The maximum atomic E-state index is 12.5. The van der Waals surface area contributed by atoms with Gasteiger partial charge in [-0.15, -0.1) is 6.42 Å². The third kappa shape index (κ3) is 4.00. The van der Waals surface area contributed by atoms with Crippen LogP contribution in [0.1, 0.15) is 25.5 Å². The normalized spacial score (nSPS) is 21.0. The summed E-state index contributed by atoms with van der Waals surface area (Å²) in [6, 6.07) is 3.07. The molecule has 0 N–H and O–H groups in total. The molecule has 2 rings (SSSR count). The third-order valence-electron chi connectivity index (χ3n) is 4.47. The summed E-state index contributed by atoms with van der Waals surface area (Å²) in [6.45, 7) is 3.83. The van der Waals surface area contributed by atoms with E-state index < -0.39 is 22.9 Å². The van der Waals surface area contributed by atoms with E-state index in [1.807, 2.05) is 26.0 Å². The van der Waals surface area contributed by atoms with Gasteiger partial charge >= 0.3 is 11.8 Å². The van der Waals surface area contributed by atoms with Crippen molar-refractivity contribution in [2.45, 2.75) is 26.5 Å². The van der Waals surface area contributed by atoms with Gasteiger partial charge in [0.05, 0.1) is 14.9 Å². The molecule has 1 fully saturated rings. The molecule has 0 saturated heterocycles. The average Bonchev–Trinajstić information content (AvgIpc) is 2.90. The van der Waals surface area contributed by atoms with E-state index in [2.05, 4.69) is 37.8 Å². The Kier molecular flexibility index (Phi) is 5.94. The van der Waals surface area contributed by atoms with Crippen LogP contribution in [0.15, 0.2) is 21.7 Å². The van der Waals surface area contributed by atoms with Crippen LogP contribution in [0.2, 0.25) is 0 Å². The molecule has 1 heterocycles. The van der Waals surface area contributed by atoms with Gasteiger partial charge in [-0.3, -0.25) is 4.79 Å². The molecule has 136 valence electrons. The van der Waals surface area contributed by atoms with Crippen LogP contribution in [0.3, 0.4) is 0 Å². The number of esters is 1. The van der Waals surface area contributed by atoms with Gasteiger partial charge in [-0.2, -0.15) is 5.26 Å². The number of rotatable bonds is 6. The van der Waals surface area contributed by atoms with Gasteiger partial charge in [0.1, 0.15) is 12.3 Å². The second kappa shape index (κ2) is 7.65. The maximum Gasteiger partial charge on any atom is 0.324 e. The van der Waals surface area contributed by atoms with E-state index in [0.717, 1.165) is 3.39 Å². The molecule has 3 unspecified atom stereocenters. The smallest absolute Gasteiger partial charge is 0.324 e. The fraction of sp³-hybridized carbons (Fsp3) is 0.412. The van der Waals surface area contributed by atoms with Crippen molar-refractivity contribution in [3.63, 3.8) is 0 Å². The number of halogens is 2. The van der Waals surface area contributed by atoms with E-state index in [1.165, 1.54) is 16.8 Å². The Bertz CT molecular complexity index is 856. The number of carbonyl (C=O) groups is 1. The van der Waals surface area contributed by atoms with Crippen LogP contribution >= 0.6 is 31.9 Å². The maximum absolute atomic E-state index is 12.5. The monoisotopic (exact) mass is 483 g/mol. The minimum atomic E-state index is -1.24. The van der Waals surface area contributed by atoms with Crippen LogP contribution in [0, 0.1) is 51.0 Å². The van der Waals surface area contributed by atoms with Crippen molar-refractivity contribution in [1.82, 2.24) is 4.57 Å². The molecule has 1 aromatic heterocycles. The van der Waals surface area contributed by atoms with Crippen molar-refractivity contribution in [3.05, 3.63) is 37.4 Å². The summed E-state index contributed by atoms with van der Waals surface area (Å²) >= 11 is 6.55. The Morgan fingerprint density at radius 3 is 2.77 bits per heavy atom. The first kappa shape index (κ1) is 20.2. The van der Waals surface area contributed by atoms with Gasteiger partial charge in [-0.25, -0.2) is 4.57 Å². The lowest BCUT2D eigenvalue weighted by Gasteiger charge is -2.09. The Morgan fingerprint density at radius 2 is 2.27 bits per heavy atom. The molecule has 0 radical (unpaired) electrons. The molecule has 3 atom stereocenters. The topological polar surface area (TPSA) is 98.2 Å². The Hall–Kier alpha value is -2.10. The van der Waals surface area contributed by atoms with Gasteiger partial charge in [0, 0.05) is 6.07 Å². The lowest BCUT2D eigenvalue weighted by molar-refractivity contribution is -0.391. The average molecular weight is 485 g/mol. The lowest BCUT2D eigenvalue weighted by Crippen LogP contribution is -2.14. The van der Waals surface area contributed by atoms with E-state index in [9.17, 15) is 20.2 Å². The summed E-state index contributed by atoms with van der Waals surface area (Å²) in [6.07, 6.45) is 7.19. The fourth-order valence-corrected chi connectivity index (χ4v) is 3.54. The number of allylic oxidation sites excluding steroid dienone is 1. The van der Waals surface area contributed by atoms with Crippen LogP contribution in [0.4, 0.5) is 5.82 Å². The molecular weight excluding hydrogens is 470 g/mol. The Labute approximate surface area is 167 Å². The predicted molar refractivity (Wildman–Crippen MR) is 101 cm³/mol. The van der Waals surface area contributed by atoms with Crippen molar-refractivity contribution in [2.75, 3.05) is 0 Å². The minimum Gasteiger partial charge on any atom is -0.442 e. The molecule has 0 bridgehead atoms. The Balaban J connectivity index is 2.21. The van der Waals surface area contributed by atoms with Crippen LogP contribution in [-0.4, -0.2) is 15.5 Å². The molecule has 0 spiro atoms. The van der Waals surface area contributed by atoms with Crippen LogP contribution < -0.4 is 0 Å². The van der Waals surface area contributed by atoms with E-state index in [-0.39, 0.29) is 29.3 Å². The van der Waals surface area contributed by atoms with Crippen molar-refractivity contribution in [2.24, 2.45) is 17.3 Å². The highest BCUT2D eigenvalue weighted by Crippen LogP contribution is 2.60. The number of nitro groups is 1. The summed E-state index contributed by atoms with van der Waals surface area (Å²) in [4.78, 5) is 23.0. The van der Waals surface area contributed by atoms with Gasteiger partial charge in [-0.05, 0) is 48.1 Å². The molecule has 26 heavy (non-hydrogen) atoms. The highest BCUT2D eigenvalue weighted by molar-refractivity contribution is 9.28. The first-order valence-corrected chi connectivity index (χ1v) is 9.13. The molecule has 9 heteroatoms. The minimum absolute atomic E-state index is 0.0236. The van der Waals surface area contributed by atoms with E-state index >= 15 is 0 Å². The van der Waals surface area contributed by atoms with Crippen molar-refractivity contribution in [3.8, 4) is 18.4 Å². The zero-order valence-corrected chi connectivity index (χ0v) is 17.2. The quantitative estimate of drug-likeness (QED) is 0.262. The lowest BCUT2D eigenvalue weighted by atomic mass is 10.1. The zero-order chi connectivity index (χ0) is 19.6. The molecule has 1 aliphatic rings. The van der Waals surface area contributed by atoms with Crippen molar-refractivity contribution < 1.29 is 14.5 Å². The number of carbonyl (C=O) groups excluding carboxylic acids is 1. The first-order chi connectivity index (χ1) is 12.1. The Morgan fingerprint density at radius 1 is 1.62 bits per heavy atom. The van der Waals surface area contributed by atoms with E-state index in [4.69, 9.17) is 11.2 Å². The van der Waals surface area contributed by atoms with E-state index in [0.29, 0.717) is 0 Å². The van der Waals surface area contributed by atoms with Gasteiger partial charge in [0.15, 0.2) is 6.54 Å². The second-order valence-electron chi connectivity index (χ2n) is 6.45. The number of nitriles is 1. The largest absolute Gasteiger partial charge is 0.442 e. The molecule has 7 nitrogen and oxygen atoms in total. The third-order valence-corrected chi connectivity index (χ3v) is 5.00. The van der Waals surface area contributed by atoms with Gasteiger partial charge in [0.2, 0.25) is 6.10 Å². The van der Waals surface area contributed by atoms with Crippen LogP contribution in [0.5, 0.6) is 0 Å². The van der Waals surface area contributed by atoms with Crippen LogP contribution in [0.25, 0.3) is 0 Å². The SMILES string of the molecule is C#CCn1cc(C(C#N)OC(=O)C2C(C=C(Br)Br)C2(C)C)cc1[N+](=O)[O-]. The zero-order valence-electron chi connectivity index (χ0n) is 14.0. The van der Waals surface area contributed by atoms with Crippen molar-refractivity contribution >= 4 is 43.6 Å². The molecule has 1 aliphatic carbocycles. The number of terminal acetylenes is 1. The van der Waals surface area contributed by atoms with Gasteiger partial charge in [-0.1, -0.05) is 25.8 Å². The molecule has 0 aromatic carbocycles. The summed E-state index contributed by atoms with van der Waals surface area (Å²) in [5.74, 6) is 1.09. The fourth-order valence-electron chi connectivity index (χ4n) is 2.97. The van der Waals surface area contributed by atoms with Crippen LogP contribution in [-0.2, 0) is 16.1 Å². The van der Waals surface area contributed by atoms with Crippen molar-refractivity contribution in [1.29, 1.82) is 5.26 Å². The second-order valence-corrected chi connectivity index (χ2v) is 9.22. The van der Waals surface area contributed by atoms with E-state index in [1.54, 1.807) is 0 Å². The number of hydrogen-bond acceptors (Lipinski definition) is 5. The number of nitrogens with zero attached hydrogens (tertiary/aromatic N) is 3. The highest BCUT2D eigenvalue weighted by atomic mass is 79.9. The standard InChI is InChI=1S/C17H15Br2N3O4/c1-4-5-21-9-10(6-14(21)22(24)25)12(8-20)26-16(23)15-11(7-13(18)19)17(15,2)3/h1,6-7,9,11-12,15H,5H2,2-3H3.